The smallest absolute Gasteiger partial charge is 0.191 e. The first-order valence-electron chi connectivity index (χ1n) is 5.54. The summed E-state index contributed by atoms with van der Waals surface area (Å²) in [7, 11) is 0. The van der Waals surface area contributed by atoms with Gasteiger partial charge in [-0.2, -0.15) is 0 Å². The first kappa shape index (κ1) is 11.3. The lowest BCUT2D eigenvalue weighted by Gasteiger charge is -2.26. The minimum atomic E-state index is 0.275. The average molecular weight is 238 g/mol. The van der Waals surface area contributed by atoms with Gasteiger partial charge in [0.05, 0.1) is 12.6 Å². The fraction of sp³-hybridized carbons (Fsp3) is 0.417. The predicted molar refractivity (Wildman–Crippen MR) is 67.7 cm³/mol. The molecule has 0 spiro atoms. The second kappa shape index (κ2) is 4.74. The van der Waals surface area contributed by atoms with Crippen LogP contribution in [0.4, 0.5) is 0 Å². The van der Waals surface area contributed by atoms with Gasteiger partial charge in [-0.15, -0.1) is 0 Å². The number of hydrogen-bond acceptors (Lipinski definition) is 3. The second-order valence-electron chi connectivity index (χ2n) is 3.96. The molecular weight excluding hydrogens is 222 g/mol. The van der Waals surface area contributed by atoms with Gasteiger partial charge in [-0.25, -0.2) is 0 Å². The SMILES string of the molecule is CCCN1C(N)=NCC1c1ccc(Cl)cc1. The normalized spacial score (nSPS) is 20.0. The molecule has 0 aromatic heterocycles. The highest BCUT2D eigenvalue weighted by Gasteiger charge is 2.26. The van der Waals surface area contributed by atoms with Crippen molar-refractivity contribution in [3.63, 3.8) is 0 Å². The van der Waals surface area contributed by atoms with Gasteiger partial charge in [-0.05, 0) is 24.1 Å². The second-order valence-corrected chi connectivity index (χ2v) is 4.40. The van der Waals surface area contributed by atoms with Crippen LogP contribution in [-0.4, -0.2) is 23.9 Å². The fourth-order valence-electron chi connectivity index (χ4n) is 2.01. The summed E-state index contributed by atoms with van der Waals surface area (Å²) in [6, 6.07) is 8.19. The number of hydrogen-bond donors (Lipinski definition) is 1. The maximum absolute atomic E-state index is 5.88. The van der Waals surface area contributed by atoms with Gasteiger partial charge in [0.15, 0.2) is 5.96 Å². The van der Waals surface area contributed by atoms with Crippen LogP contribution in [0.15, 0.2) is 29.3 Å². The molecule has 0 bridgehead atoms. The molecule has 0 saturated heterocycles. The van der Waals surface area contributed by atoms with Gasteiger partial charge >= 0.3 is 0 Å². The van der Waals surface area contributed by atoms with Crippen LogP contribution >= 0.6 is 11.6 Å². The third-order valence-electron chi connectivity index (χ3n) is 2.82. The van der Waals surface area contributed by atoms with Crippen molar-refractivity contribution < 1.29 is 0 Å². The van der Waals surface area contributed by atoms with Crippen LogP contribution in [0.25, 0.3) is 0 Å². The third-order valence-corrected chi connectivity index (χ3v) is 3.07. The van der Waals surface area contributed by atoms with Gasteiger partial charge in [-0.3, -0.25) is 4.99 Å². The molecule has 0 aliphatic carbocycles. The monoisotopic (exact) mass is 237 g/mol. The Morgan fingerprint density at radius 2 is 2.12 bits per heavy atom. The molecule has 16 heavy (non-hydrogen) atoms. The molecular formula is C12H16ClN3. The van der Waals surface area contributed by atoms with E-state index in [1.54, 1.807) is 0 Å². The molecule has 0 radical (unpaired) electrons. The number of nitrogens with zero attached hydrogens (tertiary/aromatic N) is 2. The van der Waals surface area contributed by atoms with Crippen molar-refractivity contribution in [3.05, 3.63) is 34.9 Å². The van der Waals surface area contributed by atoms with Gasteiger partial charge in [-0.1, -0.05) is 30.7 Å². The molecule has 1 aliphatic rings. The standard InChI is InChI=1S/C12H16ClN3/c1-2-7-16-11(8-15-12(16)14)9-3-5-10(13)6-4-9/h3-6,11H,2,7-8H2,1H3,(H2,14,15). The van der Waals surface area contributed by atoms with E-state index in [2.05, 4.69) is 16.8 Å². The molecule has 0 saturated carbocycles. The lowest BCUT2D eigenvalue weighted by Crippen LogP contribution is -2.36. The van der Waals surface area contributed by atoms with Gasteiger partial charge in [0.2, 0.25) is 0 Å². The predicted octanol–water partition coefficient (Wildman–Crippen LogP) is 2.42. The van der Waals surface area contributed by atoms with Crippen LogP contribution in [-0.2, 0) is 0 Å². The van der Waals surface area contributed by atoms with E-state index in [0.717, 1.165) is 24.5 Å². The van der Waals surface area contributed by atoms with Gasteiger partial charge in [0, 0.05) is 11.6 Å². The van der Waals surface area contributed by atoms with E-state index < -0.39 is 0 Å². The van der Waals surface area contributed by atoms with Crippen LogP contribution in [0.5, 0.6) is 0 Å². The summed E-state index contributed by atoms with van der Waals surface area (Å²) in [5, 5.41) is 0.762. The van der Waals surface area contributed by atoms with Gasteiger partial charge in [0.25, 0.3) is 0 Å². The van der Waals surface area contributed by atoms with Crippen molar-refractivity contribution in [1.29, 1.82) is 0 Å². The maximum Gasteiger partial charge on any atom is 0.191 e. The van der Waals surface area contributed by atoms with Gasteiger partial charge < -0.3 is 10.6 Å². The Morgan fingerprint density at radius 3 is 2.75 bits per heavy atom. The zero-order valence-electron chi connectivity index (χ0n) is 9.36. The average Bonchev–Trinajstić information content (AvgIpc) is 2.63. The highest BCUT2D eigenvalue weighted by atomic mass is 35.5. The Kier molecular flexibility index (Phi) is 3.34. The lowest BCUT2D eigenvalue weighted by atomic mass is 10.1. The molecule has 1 aromatic rings. The third kappa shape index (κ3) is 2.14. The molecule has 1 aliphatic heterocycles. The molecule has 3 nitrogen and oxygen atoms in total. The number of halogens is 1. The molecule has 2 N–H and O–H groups in total. The van der Waals surface area contributed by atoms with Crippen molar-refractivity contribution in [1.82, 2.24) is 4.90 Å². The first-order chi connectivity index (χ1) is 7.72. The van der Waals surface area contributed by atoms with Crippen LogP contribution in [0, 0.1) is 0 Å². The molecule has 0 amide bonds. The van der Waals surface area contributed by atoms with E-state index in [0.29, 0.717) is 5.96 Å². The Balaban J connectivity index is 2.18. The Bertz CT molecular complexity index is 386. The van der Waals surface area contributed by atoms with E-state index in [-0.39, 0.29) is 6.04 Å². The summed E-state index contributed by atoms with van der Waals surface area (Å²) < 4.78 is 0. The van der Waals surface area contributed by atoms with E-state index in [1.165, 1.54) is 5.56 Å². The fourth-order valence-corrected chi connectivity index (χ4v) is 2.14. The Labute approximate surface area is 101 Å². The molecule has 86 valence electrons. The van der Waals surface area contributed by atoms with Gasteiger partial charge in [0.1, 0.15) is 0 Å². The molecule has 2 rings (SSSR count). The number of nitrogens with two attached hydrogens (primary N) is 1. The number of guanidine groups is 1. The first-order valence-corrected chi connectivity index (χ1v) is 5.92. The van der Waals surface area contributed by atoms with Crippen LogP contribution in [0.3, 0.4) is 0 Å². The highest BCUT2D eigenvalue weighted by Crippen LogP contribution is 2.26. The topological polar surface area (TPSA) is 41.6 Å². The molecule has 1 heterocycles. The van der Waals surface area contributed by atoms with E-state index in [1.807, 2.05) is 24.3 Å². The molecule has 0 fully saturated rings. The Morgan fingerprint density at radius 1 is 1.44 bits per heavy atom. The largest absolute Gasteiger partial charge is 0.370 e. The molecule has 1 unspecified atom stereocenters. The maximum atomic E-state index is 5.88. The Hall–Kier alpha value is -1.22. The van der Waals surface area contributed by atoms with E-state index in [4.69, 9.17) is 17.3 Å². The lowest BCUT2D eigenvalue weighted by molar-refractivity contribution is 0.347. The van der Waals surface area contributed by atoms with Crippen molar-refractivity contribution in [2.45, 2.75) is 19.4 Å². The highest BCUT2D eigenvalue weighted by molar-refractivity contribution is 6.30. The van der Waals surface area contributed by atoms with Crippen molar-refractivity contribution in [3.8, 4) is 0 Å². The van der Waals surface area contributed by atoms with Crippen LogP contribution in [0.2, 0.25) is 5.02 Å². The van der Waals surface area contributed by atoms with Crippen LogP contribution in [0.1, 0.15) is 24.9 Å². The summed E-state index contributed by atoms with van der Waals surface area (Å²) in [6.07, 6.45) is 1.07. The summed E-state index contributed by atoms with van der Waals surface area (Å²) in [4.78, 5) is 6.46. The zero-order valence-corrected chi connectivity index (χ0v) is 10.1. The number of aliphatic imine (C=N–C) groups is 1. The van der Waals surface area contributed by atoms with Crippen LogP contribution < -0.4 is 5.73 Å². The molecule has 1 aromatic carbocycles. The van der Waals surface area contributed by atoms with E-state index >= 15 is 0 Å². The number of rotatable bonds is 3. The summed E-state index contributed by atoms with van der Waals surface area (Å²) in [6.45, 7) is 3.83. The zero-order chi connectivity index (χ0) is 11.5. The summed E-state index contributed by atoms with van der Waals surface area (Å²) in [5.41, 5.74) is 7.10. The van der Waals surface area contributed by atoms with Crippen molar-refractivity contribution >= 4 is 17.6 Å². The summed E-state index contributed by atoms with van der Waals surface area (Å²) >= 11 is 5.88. The quantitative estimate of drug-likeness (QED) is 0.877. The minimum Gasteiger partial charge on any atom is -0.370 e. The molecule has 4 heteroatoms. The summed E-state index contributed by atoms with van der Waals surface area (Å²) in [5.74, 6) is 0.654. The van der Waals surface area contributed by atoms with Crippen molar-refractivity contribution in [2.75, 3.05) is 13.1 Å². The van der Waals surface area contributed by atoms with E-state index in [9.17, 15) is 0 Å². The molecule has 1 atom stereocenters. The van der Waals surface area contributed by atoms with Crippen molar-refractivity contribution in [2.24, 2.45) is 10.7 Å². The number of benzene rings is 1. The minimum absolute atomic E-state index is 0.275.